The van der Waals surface area contributed by atoms with Crippen LogP contribution in [0.4, 0.5) is 0 Å². The summed E-state index contributed by atoms with van der Waals surface area (Å²) < 4.78 is 15.5. The maximum absolute atomic E-state index is 11.2. The van der Waals surface area contributed by atoms with E-state index < -0.39 is 5.60 Å². The van der Waals surface area contributed by atoms with Gasteiger partial charge in [0.05, 0.1) is 33.4 Å². The van der Waals surface area contributed by atoms with Crippen molar-refractivity contribution in [3.05, 3.63) is 0 Å². The fourth-order valence-corrected chi connectivity index (χ4v) is 1.55. The largest absolute Gasteiger partial charge is 0.469 e. The zero-order chi connectivity index (χ0) is 10.4. The van der Waals surface area contributed by atoms with Crippen LogP contribution in [0.25, 0.3) is 0 Å². The molecule has 1 aliphatic rings. The summed E-state index contributed by atoms with van der Waals surface area (Å²) in [4.78, 5) is 11.2. The second kappa shape index (κ2) is 5.29. The molecule has 1 aliphatic heterocycles. The van der Waals surface area contributed by atoms with Crippen LogP contribution in [0.2, 0.25) is 0 Å². The van der Waals surface area contributed by atoms with Gasteiger partial charge in [-0.25, -0.2) is 0 Å². The van der Waals surface area contributed by atoms with Crippen LogP contribution in [0.15, 0.2) is 0 Å². The van der Waals surface area contributed by atoms with Crippen LogP contribution in [0.3, 0.4) is 0 Å². The first-order valence-electron chi connectivity index (χ1n) is 4.71. The number of nitrogens with two attached hydrogens (primary N) is 1. The summed E-state index contributed by atoms with van der Waals surface area (Å²) in [7, 11) is 1.36. The van der Waals surface area contributed by atoms with Crippen molar-refractivity contribution in [3.8, 4) is 0 Å². The van der Waals surface area contributed by atoms with Crippen molar-refractivity contribution >= 4 is 5.97 Å². The van der Waals surface area contributed by atoms with Crippen LogP contribution >= 0.6 is 0 Å². The van der Waals surface area contributed by atoms with Gasteiger partial charge in [-0.05, 0) is 13.0 Å². The van der Waals surface area contributed by atoms with Crippen molar-refractivity contribution < 1.29 is 19.0 Å². The van der Waals surface area contributed by atoms with Crippen molar-refractivity contribution in [2.45, 2.75) is 18.4 Å². The lowest BCUT2D eigenvalue weighted by Crippen LogP contribution is -2.46. The van der Waals surface area contributed by atoms with E-state index in [4.69, 9.17) is 15.2 Å². The third-order valence-corrected chi connectivity index (χ3v) is 2.30. The number of hydrogen-bond donors (Lipinski definition) is 1. The van der Waals surface area contributed by atoms with Crippen molar-refractivity contribution in [2.24, 2.45) is 5.73 Å². The number of carbonyl (C=O) groups is 1. The van der Waals surface area contributed by atoms with Crippen LogP contribution in [0.5, 0.6) is 0 Å². The van der Waals surface area contributed by atoms with Gasteiger partial charge in [-0.1, -0.05) is 0 Å². The van der Waals surface area contributed by atoms with E-state index in [0.717, 1.165) is 0 Å². The smallest absolute Gasteiger partial charge is 0.308 e. The lowest BCUT2D eigenvalue weighted by molar-refractivity contribution is -0.177. The molecule has 1 atom stereocenters. The molecule has 0 aliphatic carbocycles. The SMILES string of the molecule is COC(=O)CC1(CCN)COCCO1. The number of esters is 1. The van der Waals surface area contributed by atoms with Crippen LogP contribution in [0.1, 0.15) is 12.8 Å². The van der Waals surface area contributed by atoms with Gasteiger partial charge < -0.3 is 19.9 Å². The molecule has 1 unspecified atom stereocenters. The predicted molar refractivity (Wildman–Crippen MR) is 49.8 cm³/mol. The van der Waals surface area contributed by atoms with Crippen LogP contribution in [0, 0.1) is 0 Å². The molecule has 2 N–H and O–H groups in total. The minimum Gasteiger partial charge on any atom is -0.469 e. The maximum atomic E-state index is 11.2. The fraction of sp³-hybridized carbons (Fsp3) is 0.889. The van der Waals surface area contributed by atoms with Crippen LogP contribution in [-0.2, 0) is 19.0 Å². The second-order valence-corrected chi connectivity index (χ2v) is 3.38. The predicted octanol–water partition coefficient (Wildman–Crippen LogP) is -0.316. The molecule has 1 saturated heterocycles. The second-order valence-electron chi connectivity index (χ2n) is 3.38. The molecule has 0 saturated carbocycles. The molecular formula is C9H17NO4. The van der Waals surface area contributed by atoms with Crippen LogP contribution < -0.4 is 5.73 Å². The highest BCUT2D eigenvalue weighted by atomic mass is 16.6. The molecule has 0 spiro atoms. The Bertz CT molecular complexity index is 184. The average molecular weight is 203 g/mol. The molecule has 14 heavy (non-hydrogen) atoms. The zero-order valence-electron chi connectivity index (χ0n) is 8.45. The van der Waals surface area contributed by atoms with E-state index >= 15 is 0 Å². The topological polar surface area (TPSA) is 70.8 Å². The minimum absolute atomic E-state index is 0.209. The third-order valence-electron chi connectivity index (χ3n) is 2.30. The van der Waals surface area contributed by atoms with Gasteiger partial charge in [-0.3, -0.25) is 4.79 Å². The molecular weight excluding hydrogens is 186 g/mol. The van der Waals surface area contributed by atoms with E-state index in [1.165, 1.54) is 7.11 Å². The molecule has 0 aromatic carbocycles. The van der Waals surface area contributed by atoms with Crippen LogP contribution in [-0.4, -0.2) is 45.0 Å². The monoisotopic (exact) mass is 203 g/mol. The van der Waals surface area contributed by atoms with Gasteiger partial charge in [-0.15, -0.1) is 0 Å². The molecule has 0 radical (unpaired) electrons. The van der Waals surface area contributed by atoms with Gasteiger partial charge in [0.25, 0.3) is 0 Å². The Morgan fingerprint density at radius 1 is 1.57 bits per heavy atom. The Morgan fingerprint density at radius 2 is 2.36 bits per heavy atom. The van der Waals surface area contributed by atoms with Gasteiger partial charge in [0.1, 0.15) is 5.60 Å². The maximum Gasteiger partial charge on any atom is 0.308 e. The highest BCUT2D eigenvalue weighted by Gasteiger charge is 2.36. The Kier molecular flexibility index (Phi) is 4.31. The van der Waals surface area contributed by atoms with Crippen molar-refractivity contribution in [1.29, 1.82) is 0 Å². The van der Waals surface area contributed by atoms with E-state index in [0.29, 0.717) is 32.8 Å². The van der Waals surface area contributed by atoms with E-state index in [1.54, 1.807) is 0 Å². The van der Waals surface area contributed by atoms with E-state index in [9.17, 15) is 4.79 Å². The molecule has 0 bridgehead atoms. The van der Waals surface area contributed by atoms with Crippen molar-refractivity contribution in [3.63, 3.8) is 0 Å². The van der Waals surface area contributed by atoms with Gasteiger partial charge in [0, 0.05) is 0 Å². The number of methoxy groups -OCH3 is 1. The van der Waals surface area contributed by atoms with Gasteiger partial charge in [-0.2, -0.15) is 0 Å². The summed E-state index contributed by atoms with van der Waals surface area (Å²) in [6.45, 7) is 1.98. The highest BCUT2D eigenvalue weighted by Crippen LogP contribution is 2.24. The van der Waals surface area contributed by atoms with E-state index in [2.05, 4.69) is 4.74 Å². The molecule has 0 amide bonds. The normalized spacial score (nSPS) is 27.3. The number of ether oxygens (including phenoxy) is 3. The molecule has 5 nitrogen and oxygen atoms in total. The Morgan fingerprint density at radius 3 is 2.86 bits per heavy atom. The third kappa shape index (κ3) is 2.94. The van der Waals surface area contributed by atoms with Gasteiger partial charge in [0.15, 0.2) is 0 Å². The number of rotatable bonds is 4. The number of hydrogen-bond acceptors (Lipinski definition) is 5. The van der Waals surface area contributed by atoms with Gasteiger partial charge >= 0.3 is 5.97 Å². The summed E-state index contributed by atoms with van der Waals surface area (Å²) >= 11 is 0. The van der Waals surface area contributed by atoms with Crippen molar-refractivity contribution in [1.82, 2.24) is 0 Å². The Balaban J connectivity index is 2.55. The summed E-state index contributed by atoms with van der Waals surface area (Å²) in [5.41, 5.74) is 4.90. The van der Waals surface area contributed by atoms with Gasteiger partial charge in [0.2, 0.25) is 0 Å². The first kappa shape index (κ1) is 11.4. The Hall–Kier alpha value is -0.650. The first-order valence-corrected chi connectivity index (χ1v) is 4.71. The van der Waals surface area contributed by atoms with Crippen molar-refractivity contribution in [2.75, 3.05) is 33.5 Å². The molecule has 82 valence electrons. The molecule has 1 rings (SSSR count). The zero-order valence-corrected chi connectivity index (χ0v) is 8.45. The quantitative estimate of drug-likeness (QED) is 0.634. The highest BCUT2D eigenvalue weighted by molar-refractivity contribution is 5.70. The standard InChI is InChI=1S/C9H17NO4/c1-12-8(11)6-9(2-3-10)7-13-4-5-14-9/h2-7,10H2,1H3. The van der Waals surface area contributed by atoms with E-state index in [-0.39, 0.29) is 12.4 Å². The first-order chi connectivity index (χ1) is 6.72. The number of carbonyl (C=O) groups excluding carboxylic acids is 1. The summed E-state index contributed by atoms with van der Waals surface area (Å²) in [5.74, 6) is -0.288. The fourth-order valence-electron chi connectivity index (χ4n) is 1.55. The average Bonchev–Trinajstić information content (AvgIpc) is 2.19. The minimum atomic E-state index is -0.569. The summed E-state index contributed by atoms with van der Waals surface area (Å²) in [6.07, 6.45) is 0.822. The summed E-state index contributed by atoms with van der Waals surface area (Å²) in [6, 6.07) is 0. The molecule has 0 aromatic heterocycles. The summed E-state index contributed by atoms with van der Waals surface area (Å²) in [5, 5.41) is 0. The Labute approximate surface area is 83.5 Å². The molecule has 0 aromatic rings. The lowest BCUT2D eigenvalue weighted by Gasteiger charge is -2.35. The molecule has 5 heteroatoms. The molecule has 1 fully saturated rings. The van der Waals surface area contributed by atoms with E-state index in [1.807, 2.05) is 0 Å². The lowest BCUT2D eigenvalue weighted by atomic mass is 9.95. The molecule has 1 heterocycles.